The van der Waals surface area contributed by atoms with Gasteiger partial charge in [-0.05, 0) is 61.1 Å². The molecule has 0 radical (unpaired) electrons. The smallest absolute Gasteiger partial charge is 0.244 e. The zero-order valence-electron chi connectivity index (χ0n) is 22.0. The molecule has 0 heterocycles. The molecule has 0 aliphatic carbocycles. The first-order valence-corrected chi connectivity index (χ1v) is 14.5. The fourth-order valence-corrected chi connectivity index (χ4v) is 4.76. The molecule has 0 aliphatic heterocycles. The molecule has 2 aromatic carbocycles. The van der Waals surface area contributed by atoms with Gasteiger partial charge in [0.25, 0.3) is 0 Å². The fourth-order valence-electron chi connectivity index (χ4n) is 3.79. The molecule has 9 heteroatoms. The number of hydrogen-bond acceptors (Lipinski definition) is 4. The van der Waals surface area contributed by atoms with Crippen LogP contribution in [0.3, 0.4) is 0 Å². The summed E-state index contributed by atoms with van der Waals surface area (Å²) in [4.78, 5) is 28.3. The normalized spacial score (nSPS) is 13.2. The lowest BCUT2D eigenvalue weighted by molar-refractivity contribution is -0.140. The van der Waals surface area contributed by atoms with Crippen molar-refractivity contribution in [3.63, 3.8) is 0 Å². The van der Waals surface area contributed by atoms with Crippen molar-refractivity contribution in [3.8, 4) is 0 Å². The number of amides is 2. The Bertz CT molecular complexity index is 1120. The van der Waals surface area contributed by atoms with Gasteiger partial charge in [-0.3, -0.25) is 13.9 Å². The maximum Gasteiger partial charge on any atom is 0.244 e. The summed E-state index contributed by atoms with van der Waals surface area (Å²) in [6.45, 7) is 9.54. The predicted octanol–water partition coefficient (Wildman–Crippen LogP) is 4.95. The molecule has 2 aromatic rings. The predicted molar refractivity (Wildman–Crippen MR) is 147 cm³/mol. The molecular weight excluding hydrogens is 498 g/mol. The third-order valence-electron chi connectivity index (χ3n) is 6.18. The number of nitrogens with one attached hydrogen (secondary N) is 1. The molecule has 2 atom stereocenters. The van der Waals surface area contributed by atoms with Crippen LogP contribution in [0.1, 0.15) is 64.5 Å². The Morgan fingerprint density at radius 2 is 1.53 bits per heavy atom. The van der Waals surface area contributed by atoms with Gasteiger partial charge < -0.3 is 10.2 Å². The lowest BCUT2D eigenvalue weighted by Crippen LogP contribution is -2.53. The Morgan fingerprint density at radius 1 is 0.944 bits per heavy atom. The Kier molecular flexibility index (Phi) is 10.8. The van der Waals surface area contributed by atoms with Crippen LogP contribution in [0, 0.1) is 0 Å². The lowest BCUT2D eigenvalue weighted by Gasteiger charge is -2.33. The van der Waals surface area contributed by atoms with Crippen molar-refractivity contribution < 1.29 is 18.0 Å². The molecule has 7 nitrogen and oxygen atoms in total. The van der Waals surface area contributed by atoms with Crippen LogP contribution in [0.2, 0.25) is 5.02 Å². The van der Waals surface area contributed by atoms with E-state index in [1.807, 2.05) is 32.9 Å². The second kappa shape index (κ2) is 13.1. The van der Waals surface area contributed by atoms with Crippen molar-refractivity contribution in [1.82, 2.24) is 10.2 Å². The molecule has 2 amide bonds. The summed E-state index contributed by atoms with van der Waals surface area (Å²) in [7, 11) is -3.77. The highest BCUT2D eigenvalue weighted by Gasteiger charge is 2.32. The number of carbonyl (C=O) groups is 2. The number of sulfonamides is 1. The Labute approximate surface area is 220 Å². The number of benzene rings is 2. The molecule has 0 saturated carbocycles. The van der Waals surface area contributed by atoms with Crippen LogP contribution in [0.25, 0.3) is 0 Å². The Morgan fingerprint density at radius 3 is 2.00 bits per heavy atom. The lowest BCUT2D eigenvalue weighted by atomic mass is 10.0. The maximum absolute atomic E-state index is 13.7. The van der Waals surface area contributed by atoms with Gasteiger partial charge in [-0.25, -0.2) is 8.42 Å². The number of halogens is 1. The quantitative estimate of drug-likeness (QED) is 0.416. The van der Waals surface area contributed by atoms with Gasteiger partial charge in [0.05, 0.1) is 11.9 Å². The number of anilines is 1. The van der Waals surface area contributed by atoms with E-state index in [4.69, 9.17) is 11.6 Å². The van der Waals surface area contributed by atoms with Gasteiger partial charge >= 0.3 is 0 Å². The summed E-state index contributed by atoms with van der Waals surface area (Å²) < 4.78 is 26.5. The monoisotopic (exact) mass is 535 g/mol. The summed E-state index contributed by atoms with van der Waals surface area (Å²) >= 11 is 6.02. The van der Waals surface area contributed by atoms with Crippen LogP contribution >= 0.6 is 11.6 Å². The molecule has 0 unspecified atom stereocenters. The van der Waals surface area contributed by atoms with E-state index in [9.17, 15) is 18.0 Å². The maximum atomic E-state index is 13.7. The van der Waals surface area contributed by atoms with E-state index >= 15 is 0 Å². The molecule has 0 fully saturated rings. The standard InChI is InChI=1S/C27H38ClN3O4S/c1-7-20(5)29-27(33)25(8-2)30(17-21-9-13-23(28)14-10-21)26(32)18-31(36(6,34)35)24-15-11-22(12-16-24)19(3)4/h9-16,19-20,25H,7-8,17-18H2,1-6H3,(H,29,33)/t20-,25+/m1/s1. The average molecular weight is 536 g/mol. The molecule has 0 spiro atoms. The average Bonchev–Trinajstić information content (AvgIpc) is 2.82. The molecule has 0 aromatic heterocycles. The number of nitrogens with zero attached hydrogens (tertiary/aromatic N) is 2. The molecule has 0 aliphatic rings. The van der Waals surface area contributed by atoms with Crippen molar-refractivity contribution in [2.24, 2.45) is 0 Å². The van der Waals surface area contributed by atoms with Crippen molar-refractivity contribution in [2.45, 2.75) is 72.0 Å². The minimum Gasteiger partial charge on any atom is -0.352 e. The second-order valence-electron chi connectivity index (χ2n) is 9.41. The van der Waals surface area contributed by atoms with Crippen LogP contribution in [-0.4, -0.2) is 50.0 Å². The summed E-state index contributed by atoms with van der Waals surface area (Å²) in [5.41, 5.74) is 2.25. The molecule has 0 bridgehead atoms. The van der Waals surface area contributed by atoms with E-state index < -0.39 is 28.5 Å². The molecule has 36 heavy (non-hydrogen) atoms. The summed E-state index contributed by atoms with van der Waals surface area (Å²) in [5, 5.41) is 3.52. The highest BCUT2D eigenvalue weighted by molar-refractivity contribution is 7.92. The highest BCUT2D eigenvalue weighted by Crippen LogP contribution is 2.23. The first kappa shape index (κ1) is 29.6. The van der Waals surface area contributed by atoms with Crippen LogP contribution in [0.5, 0.6) is 0 Å². The largest absolute Gasteiger partial charge is 0.352 e. The molecular formula is C27H38ClN3O4S. The van der Waals surface area contributed by atoms with Crippen LogP contribution in [0.4, 0.5) is 5.69 Å². The van der Waals surface area contributed by atoms with Crippen molar-refractivity contribution in [3.05, 3.63) is 64.7 Å². The van der Waals surface area contributed by atoms with Crippen molar-refractivity contribution in [2.75, 3.05) is 17.1 Å². The van der Waals surface area contributed by atoms with E-state index in [0.717, 1.165) is 28.1 Å². The van der Waals surface area contributed by atoms with Crippen LogP contribution in [0.15, 0.2) is 48.5 Å². The summed E-state index contributed by atoms with van der Waals surface area (Å²) in [5.74, 6) is -0.438. The summed E-state index contributed by atoms with van der Waals surface area (Å²) in [6, 6.07) is 13.4. The van der Waals surface area contributed by atoms with Gasteiger partial charge in [-0.15, -0.1) is 0 Å². The number of rotatable bonds is 12. The molecule has 2 rings (SSSR count). The van der Waals surface area contributed by atoms with E-state index in [0.29, 0.717) is 17.1 Å². The summed E-state index contributed by atoms with van der Waals surface area (Å²) in [6.07, 6.45) is 2.21. The van der Waals surface area contributed by atoms with Gasteiger partial charge in [-0.1, -0.05) is 63.6 Å². The van der Waals surface area contributed by atoms with Gasteiger partial charge in [0.1, 0.15) is 12.6 Å². The van der Waals surface area contributed by atoms with Crippen LogP contribution < -0.4 is 9.62 Å². The fraction of sp³-hybridized carbons (Fsp3) is 0.481. The van der Waals surface area contributed by atoms with Gasteiger partial charge in [0.15, 0.2) is 0 Å². The zero-order chi connectivity index (χ0) is 27.0. The van der Waals surface area contributed by atoms with Gasteiger partial charge in [0.2, 0.25) is 21.8 Å². The third kappa shape index (κ3) is 8.23. The number of hydrogen-bond donors (Lipinski definition) is 1. The van der Waals surface area contributed by atoms with Crippen LogP contribution in [-0.2, 0) is 26.2 Å². The van der Waals surface area contributed by atoms with Crippen molar-refractivity contribution in [1.29, 1.82) is 0 Å². The highest BCUT2D eigenvalue weighted by atomic mass is 35.5. The molecule has 1 N–H and O–H groups in total. The Balaban J connectivity index is 2.42. The number of carbonyl (C=O) groups excluding carboxylic acids is 2. The van der Waals surface area contributed by atoms with Gasteiger partial charge in [0, 0.05) is 17.6 Å². The third-order valence-corrected chi connectivity index (χ3v) is 7.57. The van der Waals surface area contributed by atoms with Gasteiger partial charge in [-0.2, -0.15) is 0 Å². The van der Waals surface area contributed by atoms with Crippen molar-refractivity contribution >= 4 is 39.1 Å². The minimum absolute atomic E-state index is 0.0500. The minimum atomic E-state index is -3.77. The van der Waals surface area contributed by atoms with E-state index in [2.05, 4.69) is 19.2 Å². The van der Waals surface area contributed by atoms with E-state index in [-0.39, 0.29) is 24.4 Å². The molecule has 0 saturated heterocycles. The first-order valence-electron chi connectivity index (χ1n) is 12.3. The topological polar surface area (TPSA) is 86.8 Å². The second-order valence-corrected chi connectivity index (χ2v) is 11.7. The Hall–Kier alpha value is -2.58. The zero-order valence-corrected chi connectivity index (χ0v) is 23.6. The SMILES string of the molecule is CC[C@@H](C)NC(=O)[C@H](CC)N(Cc1ccc(Cl)cc1)C(=O)CN(c1ccc(C(C)C)cc1)S(C)(=O)=O. The first-order chi connectivity index (χ1) is 16.9. The molecule has 198 valence electrons. The van der Waals surface area contributed by atoms with E-state index in [1.165, 1.54) is 4.90 Å². The van der Waals surface area contributed by atoms with E-state index in [1.54, 1.807) is 36.4 Å².